The number of amides is 1. The maximum atomic E-state index is 13.5. The molecule has 1 saturated heterocycles. The maximum absolute atomic E-state index is 13.5. The predicted molar refractivity (Wildman–Crippen MR) is 164 cm³/mol. The van der Waals surface area contributed by atoms with Crippen molar-refractivity contribution in [3.8, 4) is 11.3 Å². The predicted octanol–water partition coefficient (Wildman–Crippen LogP) is 4.42. The number of ether oxygens (including phenoxy) is 1. The average molecular weight is 614 g/mol. The second-order valence-corrected chi connectivity index (χ2v) is 14.3. The van der Waals surface area contributed by atoms with Crippen molar-refractivity contribution in [1.82, 2.24) is 29.0 Å². The lowest BCUT2D eigenvalue weighted by Gasteiger charge is -2.35. The summed E-state index contributed by atoms with van der Waals surface area (Å²) in [4.78, 5) is 23.5. The van der Waals surface area contributed by atoms with Gasteiger partial charge in [-0.05, 0) is 65.0 Å². The van der Waals surface area contributed by atoms with Gasteiger partial charge in [0.25, 0.3) is 0 Å². The van der Waals surface area contributed by atoms with Gasteiger partial charge in [0.15, 0.2) is 5.65 Å². The van der Waals surface area contributed by atoms with E-state index in [9.17, 15) is 18.3 Å². The fraction of sp³-hybridized carbons (Fsp3) is 0.600. The van der Waals surface area contributed by atoms with Crippen LogP contribution in [0.15, 0.2) is 35.4 Å². The molecule has 12 nitrogen and oxygen atoms in total. The van der Waals surface area contributed by atoms with Gasteiger partial charge in [-0.25, -0.2) is 22.9 Å². The SMILES string of the molecule is CCCCNc1ncc2c(-c3ccc(S(=O)(=O)N4CCN(C(=O)OC(C)(C)C)CC4)cc3)nn(C3CCC(O)CC3)c2n1. The van der Waals surface area contributed by atoms with Gasteiger partial charge in [-0.2, -0.15) is 14.4 Å². The largest absolute Gasteiger partial charge is 0.444 e. The molecule has 43 heavy (non-hydrogen) atoms. The minimum absolute atomic E-state index is 0.108. The van der Waals surface area contributed by atoms with E-state index in [1.165, 1.54) is 4.31 Å². The van der Waals surface area contributed by atoms with Crippen molar-refractivity contribution in [2.75, 3.05) is 38.0 Å². The highest BCUT2D eigenvalue weighted by Crippen LogP contribution is 2.35. The number of piperazine rings is 1. The third-order valence-corrected chi connectivity index (χ3v) is 9.84. The highest BCUT2D eigenvalue weighted by atomic mass is 32.2. The number of nitrogens with one attached hydrogen (secondary N) is 1. The first kappa shape index (κ1) is 31.1. The number of aliphatic hydroxyl groups excluding tert-OH is 1. The molecule has 2 N–H and O–H groups in total. The third kappa shape index (κ3) is 7.10. The lowest BCUT2D eigenvalue weighted by Crippen LogP contribution is -2.51. The minimum Gasteiger partial charge on any atom is -0.444 e. The zero-order valence-electron chi connectivity index (χ0n) is 25.5. The second-order valence-electron chi connectivity index (χ2n) is 12.4. The number of sulfonamides is 1. The van der Waals surface area contributed by atoms with Gasteiger partial charge in [-0.1, -0.05) is 25.5 Å². The number of rotatable bonds is 8. The zero-order chi connectivity index (χ0) is 30.8. The summed E-state index contributed by atoms with van der Waals surface area (Å²) in [5.41, 5.74) is 1.58. The second kappa shape index (κ2) is 12.7. The van der Waals surface area contributed by atoms with Crippen molar-refractivity contribution in [2.45, 2.75) is 88.9 Å². The van der Waals surface area contributed by atoms with E-state index in [1.807, 2.05) is 4.68 Å². The van der Waals surface area contributed by atoms with Crippen LogP contribution in [-0.2, 0) is 14.8 Å². The molecule has 13 heteroatoms. The summed E-state index contributed by atoms with van der Waals surface area (Å²) in [7, 11) is -3.75. The van der Waals surface area contributed by atoms with Gasteiger partial charge >= 0.3 is 6.09 Å². The monoisotopic (exact) mass is 613 g/mol. The Morgan fingerprint density at radius 1 is 1.07 bits per heavy atom. The van der Waals surface area contributed by atoms with Crippen molar-refractivity contribution >= 4 is 33.1 Å². The van der Waals surface area contributed by atoms with Gasteiger partial charge in [-0.3, -0.25) is 0 Å². The summed E-state index contributed by atoms with van der Waals surface area (Å²) >= 11 is 0. The molecule has 0 spiro atoms. The molecule has 3 heterocycles. The molecular formula is C30H43N7O5S. The van der Waals surface area contributed by atoms with E-state index in [1.54, 1.807) is 56.1 Å². The van der Waals surface area contributed by atoms with Crippen LogP contribution in [0.2, 0.25) is 0 Å². The minimum atomic E-state index is -3.75. The average Bonchev–Trinajstić information content (AvgIpc) is 3.36. The topological polar surface area (TPSA) is 143 Å². The van der Waals surface area contributed by atoms with Gasteiger partial charge in [-0.15, -0.1) is 0 Å². The molecule has 0 bridgehead atoms. The molecular weight excluding hydrogens is 570 g/mol. The highest BCUT2D eigenvalue weighted by molar-refractivity contribution is 7.89. The third-order valence-electron chi connectivity index (χ3n) is 7.93. The molecule has 2 aliphatic rings. The Morgan fingerprint density at radius 2 is 1.74 bits per heavy atom. The number of benzene rings is 1. The van der Waals surface area contributed by atoms with Gasteiger partial charge in [0.1, 0.15) is 11.3 Å². The van der Waals surface area contributed by atoms with E-state index in [0.717, 1.165) is 48.8 Å². The number of aliphatic hydroxyl groups is 1. The van der Waals surface area contributed by atoms with Crippen LogP contribution in [0, 0.1) is 0 Å². The summed E-state index contributed by atoms with van der Waals surface area (Å²) in [6.07, 6.45) is 6.18. The number of hydrogen-bond acceptors (Lipinski definition) is 9. The van der Waals surface area contributed by atoms with Crippen LogP contribution in [0.25, 0.3) is 22.3 Å². The smallest absolute Gasteiger partial charge is 0.410 e. The van der Waals surface area contributed by atoms with Crippen LogP contribution >= 0.6 is 0 Å². The van der Waals surface area contributed by atoms with Crippen LogP contribution in [0.4, 0.5) is 10.7 Å². The first-order valence-corrected chi connectivity index (χ1v) is 16.7. The van der Waals surface area contributed by atoms with E-state index in [4.69, 9.17) is 14.8 Å². The Hall–Kier alpha value is -3.29. The number of fused-ring (bicyclic) bond motifs is 1. The molecule has 0 radical (unpaired) electrons. The molecule has 1 aliphatic carbocycles. The number of carbonyl (C=O) groups is 1. The number of hydrogen-bond donors (Lipinski definition) is 2. The van der Waals surface area contributed by atoms with Crippen molar-refractivity contribution < 1.29 is 23.1 Å². The van der Waals surface area contributed by atoms with Crippen LogP contribution in [0.1, 0.15) is 72.3 Å². The van der Waals surface area contributed by atoms with Crippen molar-refractivity contribution in [1.29, 1.82) is 0 Å². The van der Waals surface area contributed by atoms with Gasteiger partial charge in [0.05, 0.1) is 22.4 Å². The molecule has 2 fully saturated rings. The molecule has 2 aromatic heterocycles. The Balaban J connectivity index is 1.36. The number of anilines is 1. The van der Waals surface area contributed by atoms with Crippen LogP contribution < -0.4 is 5.32 Å². The first-order chi connectivity index (χ1) is 20.5. The molecule has 0 atom stereocenters. The molecule has 0 unspecified atom stereocenters. The van der Waals surface area contributed by atoms with Gasteiger partial charge < -0.3 is 20.1 Å². The number of nitrogens with zero attached hydrogens (tertiary/aromatic N) is 6. The number of aromatic nitrogens is 4. The van der Waals surface area contributed by atoms with E-state index < -0.39 is 21.7 Å². The zero-order valence-corrected chi connectivity index (χ0v) is 26.3. The summed E-state index contributed by atoms with van der Waals surface area (Å²) in [6.45, 7) is 9.26. The van der Waals surface area contributed by atoms with E-state index in [-0.39, 0.29) is 43.2 Å². The van der Waals surface area contributed by atoms with E-state index in [2.05, 4.69) is 17.2 Å². The number of unbranched alkanes of at least 4 members (excludes halogenated alkanes) is 1. The van der Waals surface area contributed by atoms with E-state index in [0.29, 0.717) is 24.5 Å². The maximum Gasteiger partial charge on any atom is 0.410 e. The molecule has 1 aliphatic heterocycles. The molecule has 5 rings (SSSR count). The normalized spacial score (nSPS) is 20.3. The standard InChI is InChI=1S/C30H43N7O5S/c1-5-6-15-31-28-32-20-25-26(34-37(27(25)33-28)22-9-11-23(38)12-10-22)21-7-13-24(14-8-21)43(40,41)36-18-16-35(17-19-36)29(39)42-30(2,3)4/h7-8,13-14,20,22-23,38H,5-6,9-12,15-19H2,1-4H3,(H,31,32,33). The lowest BCUT2D eigenvalue weighted by atomic mass is 9.93. The van der Waals surface area contributed by atoms with Crippen molar-refractivity contribution in [3.05, 3.63) is 30.5 Å². The first-order valence-electron chi connectivity index (χ1n) is 15.2. The summed E-state index contributed by atoms with van der Waals surface area (Å²) < 4.78 is 35.7. The highest BCUT2D eigenvalue weighted by Gasteiger charge is 2.32. The summed E-state index contributed by atoms with van der Waals surface area (Å²) in [5, 5.41) is 19.1. The van der Waals surface area contributed by atoms with Gasteiger partial charge in [0, 0.05) is 44.5 Å². The Kier molecular flexibility index (Phi) is 9.23. The fourth-order valence-electron chi connectivity index (χ4n) is 5.53. The molecule has 1 saturated carbocycles. The Labute approximate surface area is 253 Å². The van der Waals surface area contributed by atoms with Crippen molar-refractivity contribution in [3.63, 3.8) is 0 Å². The molecule has 1 amide bonds. The summed E-state index contributed by atoms with van der Waals surface area (Å²) in [5.74, 6) is 0.553. The summed E-state index contributed by atoms with van der Waals surface area (Å²) in [6, 6.07) is 6.86. The van der Waals surface area contributed by atoms with Crippen molar-refractivity contribution in [2.24, 2.45) is 0 Å². The van der Waals surface area contributed by atoms with Crippen LogP contribution in [0.3, 0.4) is 0 Å². The van der Waals surface area contributed by atoms with E-state index >= 15 is 0 Å². The molecule has 234 valence electrons. The quantitative estimate of drug-likeness (QED) is 0.353. The van der Waals surface area contributed by atoms with Crippen LogP contribution in [0.5, 0.6) is 0 Å². The van der Waals surface area contributed by atoms with Crippen LogP contribution in [-0.4, -0.2) is 93.0 Å². The molecule has 3 aromatic rings. The fourth-order valence-corrected chi connectivity index (χ4v) is 6.95. The Morgan fingerprint density at radius 3 is 2.37 bits per heavy atom. The lowest BCUT2D eigenvalue weighted by molar-refractivity contribution is 0.0192. The number of carbonyl (C=O) groups excluding carboxylic acids is 1. The van der Waals surface area contributed by atoms with Gasteiger partial charge in [0.2, 0.25) is 16.0 Å². The molecule has 1 aromatic carbocycles. The Bertz CT molecular complexity index is 1520.